The van der Waals surface area contributed by atoms with Gasteiger partial charge < -0.3 is 10.1 Å². The molecule has 0 saturated heterocycles. The van der Waals surface area contributed by atoms with Crippen molar-refractivity contribution < 1.29 is 9.53 Å². The molecule has 4 nitrogen and oxygen atoms in total. The Hall–Kier alpha value is -2.88. The predicted molar refractivity (Wildman–Crippen MR) is 95.9 cm³/mol. The Labute approximate surface area is 141 Å². The van der Waals surface area contributed by atoms with Gasteiger partial charge in [0.05, 0.1) is 6.61 Å². The summed E-state index contributed by atoms with van der Waals surface area (Å²) in [5.74, 6) is 1.30. The van der Waals surface area contributed by atoms with Crippen LogP contribution in [0.15, 0.2) is 65.3 Å². The van der Waals surface area contributed by atoms with E-state index in [2.05, 4.69) is 29.4 Å². The van der Waals surface area contributed by atoms with Gasteiger partial charge in [0, 0.05) is 6.42 Å². The van der Waals surface area contributed by atoms with E-state index >= 15 is 0 Å². The van der Waals surface area contributed by atoms with Gasteiger partial charge >= 0.3 is 0 Å². The highest BCUT2D eigenvalue weighted by atomic mass is 16.5. The SMILES string of the molecule is CCc1ccc(/C=C2/N=C(CCOc3ccccc3)NC2=O)cc1. The van der Waals surface area contributed by atoms with Crippen molar-refractivity contribution in [3.8, 4) is 5.75 Å². The van der Waals surface area contributed by atoms with E-state index in [1.165, 1.54) is 5.56 Å². The van der Waals surface area contributed by atoms with E-state index in [4.69, 9.17) is 4.74 Å². The van der Waals surface area contributed by atoms with Crippen LogP contribution in [0.3, 0.4) is 0 Å². The first-order chi connectivity index (χ1) is 11.7. The van der Waals surface area contributed by atoms with Crippen molar-refractivity contribution in [2.24, 2.45) is 4.99 Å². The molecular weight excluding hydrogens is 300 g/mol. The number of ether oxygens (including phenoxy) is 1. The van der Waals surface area contributed by atoms with Crippen molar-refractivity contribution >= 4 is 17.8 Å². The van der Waals surface area contributed by atoms with E-state index < -0.39 is 0 Å². The van der Waals surface area contributed by atoms with Crippen LogP contribution in [0.4, 0.5) is 0 Å². The van der Waals surface area contributed by atoms with Crippen molar-refractivity contribution in [3.63, 3.8) is 0 Å². The molecule has 0 saturated carbocycles. The molecule has 0 fully saturated rings. The van der Waals surface area contributed by atoms with E-state index in [1.54, 1.807) is 6.08 Å². The maximum Gasteiger partial charge on any atom is 0.275 e. The molecule has 2 aromatic carbocycles. The lowest BCUT2D eigenvalue weighted by atomic mass is 10.1. The van der Waals surface area contributed by atoms with Crippen molar-refractivity contribution in [3.05, 3.63) is 71.4 Å². The minimum Gasteiger partial charge on any atom is -0.493 e. The maximum atomic E-state index is 12.0. The second-order valence-corrected chi connectivity index (χ2v) is 5.55. The molecule has 0 aliphatic carbocycles. The minimum atomic E-state index is -0.163. The highest BCUT2D eigenvalue weighted by Crippen LogP contribution is 2.15. The summed E-state index contributed by atoms with van der Waals surface area (Å²) in [6.07, 6.45) is 3.37. The van der Waals surface area contributed by atoms with Gasteiger partial charge in [-0.15, -0.1) is 0 Å². The van der Waals surface area contributed by atoms with Gasteiger partial charge in [-0.05, 0) is 35.8 Å². The number of aliphatic imine (C=N–C) groups is 1. The molecule has 2 aromatic rings. The molecule has 1 heterocycles. The fraction of sp³-hybridized carbons (Fsp3) is 0.200. The zero-order chi connectivity index (χ0) is 16.8. The Kier molecular flexibility index (Phi) is 5.06. The lowest BCUT2D eigenvalue weighted by molar-refractivity contribution is -0.115. The molecule has 0 spiro atoms. The first kappa shape index (κ1) is 16.0. The summed E-state index contributed by atoms with van der Waals surface area (Å²) >= 11 is 0. The maximum absolute atomic E-state index is 12.0. The fourth-order valence-corrected chi connectivity index (χ4v) is 2.43. The number of hydrogen-bond donors (Lipinski definition) is 1. The van der Waals surface area contributed by atoms with E-state index in [0.717, 1.165) is 17.7 Å². The monoisotopic (exact) mass is 320 g/mol. The third-order valence-corrected chi connectivity index (χ3v) is 3.79. The Balaban J connectivity index is 1.60. The van der Waals surface area contributed by atoms with Gasteiger partial charge in [-0.3, -0.25) is 4.79 Å². The number of nitrogens with zero attached hydrogens (tertiary/aromatic N) is 1. The first-order valence-corrected chi connectivity index (χ1v) is 8.12. The van der Waals surface area contributed by atoms with Crippen LogP contribution in [0.2, 0.25) is 0 Å². The molecule has 3 rings (SSSR count). The summed E-state index contributed by atoms with van der Waals surface area (Å²) in [4.78, 5) is 16.4. The smallest absolute Gasteiger partial charge is 0.275 e. The standard InChI is InChI=1S/C20H20N2O2/c1-2-15-8-10-16(11-9-15)14-18-20(23)22-19(21-18)12-13-24-17-6-4-3-5-7-17/h3-11,14H,2,12-13H2,1H3,(H,21,22,23)/b18-14+. The Bertz CT molecular complexity index is 762. The molecule has 1 N–H and O–H groups in total. The van der Waals surface area contributed by atoms with Gasteiger partial charge in [-0.25, -0.2) is 4.99 Å². The van der Waals surface area contributed by atoms with Gasteiger partial charge in [-0.1, -0.05) is 49.4 Å². The average molecular weight is 320 g/mol. The lowest BCUT2D eigenvalue weighted by Gasteiger charge is -2.05. The Morgan fingerprint density at radius 3 is 2.54 bits per heavy atom. The van der Waals surface area contributed by atoms with Crippen LogP contribution in [0, 0.1) is 0 Å². The summed E-state index contributed by atoms with van der Waals surface area (Å²) < 4.78 is 5.63. The summed E-state index contributed by atoms with van der Waals surface area (Å²) in [7, 11) is 0. The van der Waals surface area contributed by atoms with Crippen LogP contribution in [-0.2, 0) is 11.2 Å². The topological polar surface area (TPSA) is 50.7 Å². The molecule has 1 amide bonds. The van der Waals surface area contributed by atoms with Gasteiger partial charge in [0.25, 0.3) is 5.91 Å². The summed E-state index contributed by atoms with van der Waals surface area (Å²) in [5.41, 5.74) is 2.69. The second kappa shape index (κ2) is 7.59. The zero-order valence-electron chi connectivity index (χ0n) is 13.7. The first-order valence-electron chi connectivity index (χ1n) is 8.12. The van der Waals surface area contributed by atoms with E-state index in [0.29, 0.717) is 24.6 Å². The molecule has 24 heavy (non-hydrogen) atoms. The number of benzene rings is 2. The Morgan fingerprint density at radius 1 is 1.08 bits per heavy atom. The number of nitrogens with one attached hydrogen (secondary N) is 1. The van der Waals surface area contributed by atoms with Crippen molar-refractivity contribution in [2.75, 3.05) is 6.61 Å². The molecule has 4 heteroatoms. The normalized spacial score (nSPS) is 15.3. The highest BCUT2D eigenvalue weighted by Gasteiger charge is 2.19. The number of hydrogen-bond acceptors (Lipinski definition) is 3. The molecule has 0 radical (unpaired) electrons. The van der Waals surface area contributed by atoms with Crippen LogP contribution >= 0.6 is 0 Å². The van der Waals surface area contributed by atoms with Gasteiger partial charge in [0.15, 0.2) is 0 Å². The van der Waals surface area contributed by atoms with Gasteiger partial charge in [-0.2, -0.15) is 0 Å². The number of amides is 1. The van der Waals surface area contributed by atoms with Crippen molar-refractivity contribution in [2.45, 2.75) is 19.8 Å². The largest absolute Gasteiger partial charge is 0.493 e. The number of carbonyl (C=O) groups is 1. The highest BCUT2D eigenvalue weighted by molar-refractivity contribution is 6.14. The Morgan fingerprint density at radius 2 is 1.83 bits per heavy atom. The summed E-state index contributed by atoms with van der Waals surface area (Å²) in [6.45, 7) is 2.59. The molecular formula is C20H20N2O2. The number of carbonyl (C=O) groups excluding carboxylic acids is 1. The van der Waals surface area contributed by atoms with E-state index in [1.807, 2.05) is 42.5 Å². The molecule has 0 unspecified atom stereocenters. The number of rotatable bonds is 6. The van der Waals surface area contributed by atoms with Gasteiger partial charge in [0.2, 0.25) is 0 Å². The summed E-state index contributed by atoms with van der Waals surface area (Å²) in [6, 6.07) is 17.7. The average Bonchev–Trinajstić information content (AvgIpc) is 2.96. The molecule has 0 bridgehead atoms. The number of amidine groups is 1. The molecule has 1 aliphatic heterocycles. The fourth-order valence-electron chi connectivity index (χ4n) is 2.43. The van der Waals surface area contributed by atoms with Gasteiger partial charge in [0.1, 0.15) is 17.3 Å². The third-order valence-electron chi connectivity index (χ3n) is 3.79. The summed E-state index contributed by atoms with van der Waals surface area (Å²) in [5, 5.41) is 2.80. The van der Waals surface area contributed by atoms with Crippen LogP contribution in [0.5, 0.6) is 5.75 Å². The van der Waals surface area contributed by atoms with Crippen molar-refractivity contribution in [1.82, 2.24) is 5.32 Å². The molecule has 0 aromatic heterocycles. The van der Waals surface area contributed by atoms with E-state index in [-0.39, 0.29) is 5.91 Å². The van der Waals surface area contributed by atoms with Crippen LogP contribution < -0.4 is 10.1 Å². The van der Waals surface area contributed by atoms with Crippen LogP contribution in [0.25, 0.3) is 6.08 Å². The molecule has 1 aliphatic rings. The van der Waals surface area contributed by atoms with Crippen LogP contribution in [0.1, 0.15) is 24.5 Å². The van der Waals surface area contributed by atoms with Crippen molar-refractivity contribution in [1.29, 1.82) is 0 Å². The van der Waals surface area contributed by atoms with Crippen LogP contribution in [-0.4, -0.2) is 18.3 Å². The molecule has 122 valence electrons. The third kappa shape index (κ3) is 4.10. The lowest BCUT2D eigenvalue weighted by Crippen LogP contribution is -2.25. The zero-order valence-corrected chi connectivity index (χ0v) is 13.7. The quantitative estimate of drug-likeness (QED) is 0.827. The number of aryl methyl sites for hydroxylation is 1. The second-order valence-electron chi connectivity index (χ2n) is 5.55. The predicted octanol–water partition coefficient (Wildman–Crippen LogP) is 3.59. The molecule has 0 atom stereocenters. The van der Waals surface area contributed by atoms with E-state index in [9.17, 15) is 4.79 Å². The number of para-hydroxylation sites is 1. The minimum absolute atomic E-state index is 0.163.